The number of nitrogens with zero attached hydrogens (tertiary/aromatic N) is 2. The monoisotopic (exact) mass is 206 g/mol. The van der Waals surface area contributed by atoms with Gasteiger partial charge in [0.05, 0.1) is 5.54 Å². The highest BCUT2D eigenvalue weighted by Crippen LogP contribution is 2.09. The summed E-state index contributed by atoms with van der Waals surface area (Å²) in [6, 6.07) is 3.84. The minimum atomic E-state index is -0.154. The first kappa shape index (κ1) is 11.7. The highest BCUT2D eigenvalue weighted by Gasteiger charge is 2.10. The quantitative estimate of drug-likeness (QED) is 0.316. The predicted octanol–water partition coefficient (Wildman–Crippen LogP) is 1.40. The molecule has 0 saturated carbocycles. The van der Waals surface area contributed by atoms with Crippen LogP contribution in [0.1, 0.15) is 32.0 Å². The molecular weight excluding hydrogens is 188 g/mol. The van der Waals surface area contributed by atoms with E-state index in [-0.39, 0.29) is 5.54 Å². The number of hydrogen-bond donors (Lipinski definition) is 2. The number of hydrazine groups is 1. The van der Waals surface area contributed by atoms with E-state index in [1.54, 1.807) is 6.20 Å². The lowest BCUT2D eigenvalue weighted by atomic mass is 10.1. The Morgan fingerprint density at radius 3 is 2.60 bits per heavy atom. The summed E-state index contributed by atoms with van der Waals surface area (Å²) in [5.74, 6) is 6.15. The van der Waals surface area contributed by atoms with Gasteiger partial charge in [0.15, 0.2) is 0 Å². The Bertz CT molecular complexity index is 363. The first-order chi connectivity index (χ1) is 6.92. The van der Waals surface area contributed by atoms with Crippen molar-refractivity contribution < 1.29 is 0 Å². The number of aryl methyl sites for hydroxylation is 1. The van der Waals surface area contributed by atoms with Crippen LogP contribution in [0.4, 0.5) is 0 Å². The van der Waals surface area contributed by atoms with E-state index in [2.05, 4.69) is 15.4 Å². The first-order valence-electron chi connectivity index (χ1n) is 4.92. The van der Waals surface area contributed by atoms with Gasteiger partial charge in [0, 0.05) is 17.5 Å². The zero-order chi connectivity index (χ0) is 11.5. The Morgan fingerprint density at radius 2 is 2.13 bits per heavy atom. The summed E-state index contributed by atoms with van der Waals surface area (Å²) in [5, 5.41) is 0. The fourth-order valence-corrected chi connectivity index (χ4v) is 1.21. The van der Waals surface area contributed by atoms with Gasteiger partial charge in [0.2, 0.25) is 0 Å². The molecule has 0 atom stereocenters. The van der Waals surface area contributed by atoms with Crippen LogP contribution >= 0.6 is 0 Å². The van der Waals surface area contributed by atoms with Gasteiger partial charge in [-0.05, 0) is 39.8 Å². The molecule has 0 aliphatic carbocycles. The fourth-order valence-electron chi connectivity index (χ4n) is 1.21. The van der Waals surface area contributed by atoms with Gasteiger partial charge < -0.3 is 5.43 Å². The number of pyridine rings is 1. The van der Waals surface area contributed by atoms with Gasteiger partial charge >= 0.3 is 0 Å². The van der Waals surface area contributed by atoms with Gasteiger partial charge in [0.1, 0.15) is 5.84 Å². The predicted molar refractivity (Wildman–Crippen MR) is 62.6 cm³/mol. The molecule has 3 N–H and O–H groups in total. The van der Waals surface area contributed by atoms with E-state index >= 15 is 0 Å². The molecule has 0 aliphatic heterocycles. The van der Waals surface area contributed by atoms with E-state index < -0.39 is 0 Å². The lowest BCUT2D eigenvalue weighted by molar-refractivity contribution is 0.580. The lowest BCUT2D eigenvalue weighted by Crippen LogP contribution is -2.33. The minimum Gasteiger partial charge on any atom is -0.308 e. The first-order valence-corrected chi connectivity index (χ1v) is 4.92. The van der Waals surface area contributed by atoms with Crippen molar-refractivity contribution in [2.75, 3.05) is 0 Å². The van der Waals surface area contributed by atoms with Crippen LogP contribution in [-0.2, 0) is 0 Å². The third kappa shape index (κ3) is 3.67. The van der Waals surface area contributed by atoms with Crippen molar-refractivity contribution >= 4 is 5.84 Å². The van der Waals surface area contributed by atoms with Crippen molar-refractivity contribution in [1.82, 2.24) is 10.4 Å². The number of nitrogens with two attached hydrogens (primary N) is 1. The van der Waals surface area contributed by atoms with Gasteiger partial charge in [-0.25, -0.2) is 5.84 Å². The molecule has 15 heavy (non-hydrogen) atoms. The molecule has 0 radical (unpaired) electrons. The van der Waals surface area contributed by atoms with Crippen molar-refractivity contribution in [3.05, 3.63) is 29.6 Å². The molecule has 0 aromatic carbocycles. The normalized spacial score (nSPS) is 12.7. The SMILES string of the molecule is Cc1cc(C(=NC(C)(C)C)NN)ccn1. The zero-order valence-corrected chi connectivity index (χ0v) is 9.70. The highest BCUT2D eigenvalue weighted by molar-refractivity contribution is 5.98. The largest absolute Gasteiger partial charge is 0.308 e. The highest BCUT2D eigenvalue weighted by atomic mass is 15.3. The number of amidine groups is 1. The summed E-state index contributed by atoms with van der Waals surface area (Å²) in [7, 11) is 0. The molecule has 1 aromatic rings. The second kappa shape index (κ2) is 4.40. The Balaban J connectivity index is 3.08. The summed E-state index contributed by atoms with van der Waals surface area (Å²) in [6.45, 7) is 8.02. The molecule has 1 rings (SSSR count). The number of hydrogen-bond acceptors (Lipinski definition) is 3. The summed E-state index contributed by atoms with van der Waals surface area (Å²) in [4.78, 5) is 8.62. The van der Waals surface area contributed by atoms with Crippen LogP contribution in [0.3, 0.4) is 0 Å². The Kier molecular flexibility index (Phi) is 3.42. The van der Waals surface area contributed by atoms with Crippen molar-refractivity contribution in [2.45, 2.75) is 33.2 Å². The van der Waals surface area contributed by atoms with Crippen molar-refractivity contribution in [3.63, 3.8) is 0 Å². The average molecular weight is 206 g/mol. The molecule has 0 spiro atoms. The second-order valence-corrected chi connectivity index (χ2v) is 4.46. The van der Waals surface area contributed by atoms with E-state index in [0.29, 0.717) is 5.84 Å². The van der Waals surface area contributed by atoms with E-state index in [4.69, 9.17) is 5.84 Å². The number of rotatable bonds is 1. The Morgan fingerprint density at radius 1 is 1.47 bits per heavy atom. The summed E-state index contributed by atoms with van der Waals surface area (Å²) < 4.78 is 0. The van der Waals surface area contributed by atoms with Crippen LogP contribution in [-0.4, -0.2) is 16.4 Å². The molecule has 4 nitrogen and oxygen atoms in total. The Hall–Kier alpha value is -1.42. The van der Waals surface area contributed by atoms with Gasteiger partial charge in [-0.3, -0.25) is 9.98 Å². The maximum absolute atomic E-state index is 5.46. The summed E-state index contributed by atoms with van der Waals surface area (Å²) in [6.07, 6.45) is 1.75. The molecule has 4 heteroatoms. The van der Waals surface area contributed by atoms with E-state index in [1.165, 1.54) is 0 Å². The minimum absolute atomic E-state index is 0.154. The number of aliphatic imine (C=N–C) groups is 1. The fraction of sp³-hybridized carbons (Fsp3) is 0.455. The van der Waals surface area contributed by atoms with E-state index in [1.807, 2.05) is 39.8 Å². The maximum Gasteiger partial charge on any atom is 0.143 e. The van der Waals surface area contributed by atoms with Gasteiger partial charge in [-0.2, -0.15) is 0 Å². The second-order valence-electron chi connectivity index (χ2n) is 4.46. The van der Waals surface area contributed by atoms with Gasteiger partial charge in [-0.1, -0.05) is 0 Å². The van der Waals surface area contributed by atoms with E-state index in [9.17, 15) is 0 Å². The molecule has 0 unspecified atom stereocenters. The van der Waals surface area contributed by atoms with E-state index in [0.717, 1.165) is 11.3 Å². The smallest absolute Gasteiger partial charge is 0.143 e. The maximum atomic E-state index is 5.46. The van der Waals surface area contributed by atoms with Crippen LogP contribution in [0, 0.1) is 6.92 Å². The number of nitrogens with one attached hydrogen (secondary N) is 1. The number of aromatic nitrogens is 1. The van der Waals surface area contributed by atoms with Gasteiger partial charge in [0.25, 0.3) is 0 Å². The van der Waals surface area contributed by atoms with Crippen molar-refractivity contribution in [3.8, 4) is 0 Å². The summed E-state index contributed by atoms with van der Waals surface area (Å²) in [5.41, 5.74) is 4.38. The van der Waals surface area contributed by atoms with Crippen LogP contribution in [0.15, 0.2) is 23.3 Å². The van der Waals surface area contributed by atoms with Crippen LogP contribution < -0.4 is 11.3 Å². The van der Waals surface area contributed by atoms with Crippen LogP contribution in [0.5, 0.6) is 0 Å². The van der Waals surface area contributed by atoms with Crippen LogP contribution in [0.25, 0.3) is 0 Å². The molecule has 82 valence electrons. The molecule has 1 aromatic heterocycles. The molecule has 1 heterocycles. The molecule has 0 saturated heterocycles. The lowest BCUT2D eigenvalue weighted by Gasteiger charge is -2.15. The summed E-state index contributed by atoms with van der Waals surface area (Å²) >= 11 is 0. The molecule has 0 bridgehead atoms. The van der Waals surface area contributed by atoms with Crippen LogP contribution in [0.2, 0.25) is 0 Å². The third-order valence-electron chi connectivity index (χ3n) is 1.75. The zero-order valence-electron chi connectivity index (χ0n) is 9.70. The topological polar surface area (TPSA) is 63.3 Å². The molecule has 0 amide bonds. The standard InChI is InChI=1S/C11H18N4/c1-8-7-9(5-6-13-8)10(15-12)14-11(2,3)4/h5-7H,12H2,1-4H3,(H,14,15). The molecular formula is C11H18N4. The van der Waals surface area contributed by atoms with Crippen molar-refractivity contribution in [2.24, 2.45) is 10.8 Å². The molecule has 0 aliphatic rings. The van der Waals surface area contributed by atoms with Crippen molar-refractivity contribution in [1.29, 1.82) is 0 Å². The average Bonchev–Trinajstić information content (AvgIpc) is 2.13. The molecule has 0 fully saturated rings. The Labute approximate surface area is 90.6 Å². The third-order valence-corrected chi connectivity index (χ3v) is 1.75. The van der Waals surface area contributed by atoms with Gasteiger partial charge in [-0.15, -0.1) is 0 Å².